The lowest BCUT2D eigenvalue weighted by Gasteiger charge is -2.26. The van der Waals surface area contributed by atoms with Crippen LogP contribution in [0.25, 0.3) is 0 Å². The zero-order chi connectivity index (χ0) is 23.6. The lowest BCUT2D eigenvalue weighted by atomic mass is 9.78. The number of methoxy groups -OCH3 is 1. The zero-order valence-electron chi connectivity index (χ0n) is 17.9. The summed E-state index contributed by atoms with van der Waals surface area (Å²) in [6.45, 7) is 1.90. The van der Waals surface area contributed by atoms with E-state index < -0.39 is 41.7 Å². The molecule has 8 nitrogen and oxygen atoms in total. The molecular weight excluding hydrogens is 431 g/mol. The molecule has 2 aromatic rings. The van der Waals surface area contributed by atoms with E-state index in [1.54, 1.807) is 13.8 Å². The van der Waals surface area contributed by atoms with Crippen molar-refractivity contribution in [2.24, 2.45) is 5.92 Å². The molecule has 1 amide bonds. The largest absolute Gasteiger partial charge is 0.493 e. The first-order chi connectivity index (χ1) is 15.1. The van der Waals surface area contributed by atoms with Crippen LogP contribution in [0.2, 0.25) is 0 Å². The van der Waals surface area contributed by atoms with Gasteiger partial charge in [-0.15, -0.1) is 0 Å². The summed E-state index contributed by atoms with van der Waals surface area (Å²) in [5.41, 5.74) is -0.189. The van der Waals surface area contributed by atoms with Gasteiger partial charge in [0.1, 0.15) is 12.7 Å². The van der Waals surface area contributed by atoms with Gasteiger partial charge in [0, 0.05) is 11.5 Å². The highest BCUT2D eigenvalue weighted by Gasteiger charge is 2.51. The second-order valence-electron chi connectivity index (χ2n) is 7.87. The van der Waals surface area contributed by atoms with Crippen molar-refractivity contribution in [1.29, 1.82) is 0 Å². The molecule has 2 heterocycles. The Balaban J connectivity index is 1.96. The number of nitrogens with one attached hydrogen (secondary N) is 1. The minimum atomic E-state index is -3.20. The topological polar surface area (TPSA) is 103 Å². The maximum Gasteiger partial charge on any atom is 0.387 e. The minimum Gasteiger partial charge on any atom is -0.493 e. The van der Waals surface area contributed by atoms with Gasteiger partial charge in [-0.2, -0.15) is 13.2 Å². The SMILES string of the molecule is COc1c([C@H]2[C@H](C(=O)Nc3cnc(CO)nc3)OC(C)(C)[C@H]2C)ccc(OC(F)F)c1F. The number of alkyl halides is 2. The average Bonchev–Trinajstić information content (AvgIpc) is 2.99. The van der Waals surface area contributed by atoms with Crippen LogP contribution in [0.4, 0.5) is 18.9 Å². The molecule has 11 heteroatoms. The van der Waals surface area contributed by atoms with Crippen LogP contribution in [0.3, 0.4) is 0 Å². The molecule has 3 rings (SSSR count). The van der Waals surface area contributed by atoms with E-state index in [1.165, 1.54) is 25.6 Å². The summed E-state index contributed by atoms with van der Waals surface area (Å²) in [5, 5.41) is 11.7. The van der Waals surface area contributed by atoms with Gasteiger partial charge in [0.2, 0.25) is 5.82 Å². The van der Waals surface area contributed by atoms with Crippen LogP contribution in [0.5, 0.6) is 11.5 Å². The van der Waals surface area contributed by atoms with Crippen molar-refractivity contribution < 1.29 is 37.3 Å². The number of halogens is 3. The Morgan fingerprint density at radius 1 is 1.31 bits per heavy atom. The highest BCUT2D eigenvalue weighted by molar-refractivity contribution is 5.95. The standard InChI is InChI=1S/C21H24F3N3O5/c1-10-15(12-5-6-13(31-20(23)24)16(22)17(12)30-4)18(32-21(10,2)3)19(29)27-11-7-25-14(9-28)26-8-11/h5-8,10,15,18,20,28H,9H2,1-4H3,(H,27,29)/t10-,15-,18+/m0/s1. The lowest BCUT2D eigenvalue weighted by molar-refractivity contribution is -0.131. The summed E-state index contributed by atoms with van der Waals surface area (Å²) in [7, 11) is 1.20. The van der Waals surface area contributed by atoms with Gasteiger partial charge in [-0.1, -0.05) is 13.0 Å². The molecule has 0 bridgehead atoms. The molecule has 2 N–H and O–H groups in total. The van der Waals surface area contributed by atoms with E-state index in [1.807, 2.05) is 6.92 Å². The monoisotopic (exact) mass is 455 g/mol. The number of nitrogens with zero attached hydrogens (tertiary/aromatic N) is 2. The van der Waals surface area contributed by atoms with Crippen LogP contribution < -0.4 is 14.8 Å². The third-order valence-corrected chi connectivity index (χ3v) is 5.64. The molecule has 32 heavy (non-hydrogen) atoms. The number of ether oxygens (including phenoxy) is 3. The lowest BCUT2D eigenvalue weighted by Crippen LogP contribution is -2.33. The molecule has 1 fully saturated rings. The fourth-order valence-corrected chi connectivity index (χ4v) is 3.78. The van der Waals surface area contributed by atoms with Gasteiger partial charge < -0.3 is 24.6 Å². The van der Waals surface area contributed by atoms with E-state index in [-0.39, 0.29) is 35.3 Å². The quantitative estimate of drug-likeness (QED) is 0.661. The number of benzene rings is 1. The molecule has 1 aromatic carbocycles. The van der Waals surface area contributed by atoms with Gasteiger partial charge in [0.05, 0.1) is 30.8 Å². The minimum absolute atomic E-state index is 0.194. The van der Waals surface area contributed by atoms with E-state index in [4.69, 9.17) is 14.6 Å². The smallest absolute Gasteiger partial charge is 0.387 e. The molecule has 1 aliphatic heterocycles. The van der Waals surface area contributed by atoms with Crippen molar-refractivity contribution in [3.05, 3.63) is 41.7 Å². The number of hydrogen-bond acceptors (Lipinski definition) is 7. The fourth-order valence-electron chi connectivity index (χ4n) is 3.78. The van der Waals surface area contributed by atoms with E-state index in [2.05, 4.69) is 20.0 Å². The molecule has 1 aromatic heterocycles. The van der Waals surface area contributed by atoms with E-state index >= 15 is 0 Å². The van der Waals surface area contributed by atoms with Crippen molar-refractivity contribution >= 4 is 11.6 Å². The number of anilines is 1. The highest BCUT2D eigenvalue weighted by Crippen LogP contribution is 2.50. The molecule has 0 radical (unpaired) electrons. The number of amides is 1. The highest BCUT2D eigenvalue weighted by atomic mass is 19.3. The number of aliphatic hydroxyl groups excluding tert-OH is 1. The predicted octanol–water partition coefficient (Wildman–Crippen LogP) is 3.25. The number of hydrogen-bond donors (Lipinski definition) is 2. The van der Waals surface area contributed by atoms with Gasteiger partial charge >= 0.3 is 6.61 Å². The summed E-state index contributed by atoms with van der Waals surface area (Å²) in [6.07, 6.45) is 1.63. The Hall–Kier alpha value is -2.92. The van der Waals surface area contributed by atoms with Gasteiger partial charge in [0.25, 0.3) is 5.91 Å². The number of aromatic nitrogens is 2. The Morgan fingerprint density at radius 3 is 2.53 bits per heavy atom. The fraction of sp³-hybridized carbons (Fsp3) is 0.476. The summed E-state index contributed by atoms with van der Waals surface area (Å²) < 4.78 is 55.4. The Morgan fingerprint density at radius 2 is 1.97 bits per heavy atom. The number of carbonyl (C=O) groups excluding carboxylic acids is 1. The second-order valence-corrected chi connectivity index (χ2v) is 7.87. The molecule has 1 aliphatic rings. The van der Waals surface area contributed by atoms with Crippen molar-refractivity contribution in [2.45, 2.75) is 51.6 Å². The molecule has 0 saturated carbocycles. The van der Waals surface area contributed by atoms with E-state index in [0.29, 0.717) is 0 Å². The first-order valence-electron chi connectivity index (χ1n) is 9.80. The van der Waals surface area contributed by atoms with Crippen LogP contribution >= 0.6 is 0 Å². The van der Waals surface area contributed by atoms with E-state index in [9.17, 15) is 18.0 Å². The van der Waals surface area contributed by atoms with Gasteiger partial charge in [0.15, 0.2) is 17.3 Å². The van der Waals surface area contributed by atoms with Crippen molar-refractivity contribution in [2.75, 3.05) is 12.4 Å². The molecule has 0 unspecified atom stereocenters. The van der Waals surface area contributed by atoms with Crippen LogP contribution in [-0.4, -0.2) is 46.4 Å². The molecule has 174 valence electrons. The van der Waals surface area contributed by atoms with Gasteiger partial charge in [-0.25, -0.2) is 9.97 Å². The van der Waals surface area contributed by atoms with Crippen molar-refractivity contribution in [1.82, 2.24) is 9.97 Å². The third kappa shape index (κ3) is 4.63. The third-order valence-electron chi connectivity index (χ3n) is 5.64. The van der Waals surface area contributed by atoms with Crippen LogP contribution in [0.1, 0.15) is 38.1 Å². The van der Waals surface area contributed by atoms with Crippen LogP contribution in [-0.2, 0) is 16.1 Å². The Kier molecular flexibility index (Phi) is 6.89. The maximum atomic E-state index is 14.9. The summed E-state index contributed by atoms with van der Waals surface area (Å²) >= 11 is 0. The zero-order valence-corrected chi connectivity index (χ0v) is 17.9. The summed E-state index contributed by atoms with van der Waals surface area (Å²) in [5.74, 6) is -3.31. The van der Waals surface area contributed by atoms with Crippen molar-refractivity contribution in [3.63, 3.8) is 0 Å². The van der Waals surface area contributed by atoms with Gasteiger partial charge in [-0.3, -0.25) is 4.79 Å². The normalized spacial score (nSPS) is 22.1. The molecule has 1 saturated heterocycles. The Bertz CT molecular complexity index is 972. The molecule has 0 spiro atoms. The van der Waals surface area contributed by atoms with E-state index in [0.717, 1.165) is 6.07 Å². The summed E-state index contributed by atoms with van der Waals surface area (Å²) in [4.78, 5) is 20.9. The van der Waals surface area contributed by atoms with Crippen LogP contribution in [0, 0.1) is 11.7 Å². The predicted molar refractivity (Wildman–Crippen MR) is 107 cm³/mol. The van der Waals surface area contributed by atoms with Crippen LogP contribution in [0.15, 0.2) is 24.5 Å². The Labute approximate surface area is 182 Å². The molecule has 0 aliphatic carbocycles. The van der Waals surface area contributed by atoms with Crippen molar-refractivity contribution in [3.8, 4) is 11.5 Å². The molecular formula is C21H24F3N3O5. The average molecular weight is 455 g/mol. The first-order valence-corrected chi connectivity index (χ1v) is 9.80. The molecule has 3 atom stereocenters. The second kappa shape index (κ2) is 9.29. The van der Waals surface area contributed by atoms with Gasteiger partial charge in [-0.05, 0) is 25.8 Å². The summed E-state index contributed by atoms with van der Waals surface area (Å²) in [6, 6.07) is 2.47. The number of aliphatic hydroxyl groups is 1. The number of carbonyl (C=O) groups is 1. The first kappa shape index (κ1) is 23.7. The number of rotatable bonds is 7. The maximum absolute atomic E-state index is 14.9.